The van der Waals surface area contributed by atoms with Crippen molar-refractivity contribution in [2.24, 2.45) is 0 Å². The van der Waals surface area contributed by atoms with Crippen molar-refractivity contribution in [3.63, 3.8) is 0 Å². The first-order valence-corrected chi connectivity index (χ1v) is 11.4. The Kier molecular flexibility index (Phi) is 5.89. The van der Waals surface area contributed by atoms with E-state index in [4.69, 9.17) is 5.10 Å². The van der Waals surface area contributed by atoms with E-state index in [9.17, 15) is 4.79 Å². The lowest BCUT2D eigenvalue weighted by atomic mass is 10.1. The van der Waals surface area contributed by atoms with Crippen LogP contribution in [0.3, 0.4) is 0 Å². The lowest BCUT2D eigenvalue weighted by Crippen LogP contribution is -2.27. The summed E-state index contributed by atoms with van der Waals surface area (Å²) in [6.45, 7) is 4.41. The first kappa shape index (κ1) is 20.9. The van der Waals surface area contributed by atoms with Gasteiger partial charge in [0.05, 0.1) is 16.9 Å². The summed E-state index contributed by atoms with van der Waals surface area (Å²) >= 11 is 0. The van der Waals surface area contributed by atoms with E-state index >= 15 is 0 Å². The van der Waals surface area contributed by atoms with Crippen LogP contribution in [0.15, 0.2) is 79.3 Å². The number of pyridine rings is 1. The summed E-state index contributed by atoms with van der Waals surface area (Å²) in [4.78, 5) is 19.7. The van der Waals surface area contributed by atoms with Crippen molar-refractivity contribution in [1.82, 2.24) is 20.1 Å². The van der Waals surface area contributed by atoms with Gasteiger partial charge in [-0.3, -0.25) is 9.78 Å². The van der Waals surface area contributed by atoms with Crippen LogP contribution in [-0.2, 0) is 6.54 Å². The van der Waals surface area contributed by atoms with Crippen LogP contribution in [0, 0.1) is 6.92 Å². The lowest BCUT2D eigenvalue weighted by molar-refractivity contribution is 0.0951. The predicted molar refractivity (Wildman–Crippen MR) is 131 cm³/mol. The molecule has 166 valence electrons. The Morgan fingerprint density at radius 3 is 2.52 bits per heavy atom. The van der Waals surface area contributed by atoms with E-state index in [1.54, 1.807) is 12.4 Å². The fraction of sp³-hybridized carbons (Fsp3) is 0.222. The third kappa shape index (κ3) is 4.51. The molecule has 1 aliphatic heterocycles. The maximum atomic E-state index is 13.3. The van der Waals surface area contributed by atoms with Crippen LogP contribution < -0.4 is 10.2 Å². The number of hydrogen-bond acceptors (Lipinski definition) is 4. The van der Waals surface area contributed by atoms with Gasteiger partial charge in [0.1, 0.15) is 0 Å². The van der Waals surface area contributed by atoms with E-state index in [0.29, 0.717) is 6.54 Å². The number of rotatable bonds is 6. The second kappa shape index (κ2) is 9.28. The molecule has 0 unspecified atom stereocenters. The Labute approximate surface area is 193 Å². The highest BCUT2D eigenvalue weighted by molar-refractivity contribution is 6.00. The number of para-hydroxylation sites is 1. The predicted octanol–water partition coefficient (Wildman–Crippen LogP) is 4.77. The van der Waals surface area contributed by atoms with Crippen LogP contribution in [0.2, 0.25) is 0 Å². The minimum Gasteiger partial charge on any atom is -0.371 e. The normalized spacial score (nSPS) is 13.3. The van der Waals surface area contributed by atoms with Crippen molar-refractivity contribution >= 4 is 11.6 Å². The van der Waals surface area contributed by atoms with Gasteiger partial charge in [0.25, 0.3) is 5.91 Å². The summed E-state index contributed by atoms with van der Waals surface area (Å²) in [5.74, 6) is -0.0614. The molecule has 1 saturated heterocycles. The van der Waals surface area contributed by atoms with Crippen molar-refractivity contribution in [2.75, 3.05) is 18.0 Å². The van der Waals surface area contributed by atoms with Gasteiger partial charge in [-0.05, 0) is 56.2 Å². The number of carbonyl (C=O) groups excluding carboxylic acids is 1. The minimum atomic E-state index is -0.0614. The number of aromatic nitrogens is 3. The molecule has 0 aliphatic carbocycles. The molecule has 3 heterocycles. The molecule has 1 aliphatic rings. The highest BCUT2D eigenvalue weighted by atomic mass is 16.1. The van der Waals surface area contributed by atoms with Gasteiger partial charge in [0.2, 0.25) is 0 Å². The van der Waals surface area contributed by atoms with Crippen molar-refractivity contribution < 1.29 is 4.79 Å². The molecule has 2 aromatic heterocycles. The summed E-state index contributed by atoms with van der Waals surface area (Å²) in [6, 6.07) is 20.0. The number of benzene rings is 2. The van der Waals surface area contributed by atoms with Gasteiger partial charge in [0.15, 0.2) is 0 Å². The van der Waals surface area contributed by atoms with Crippen LogP contribution in [-0.4, -0.2) is 33.8 Å². The maximum absolute atomic E-state index is 13.3. The second-order valence-electron chi connectivity index (χ2n) is 8.42. The summed E-state index contributed by atoms with van der Waals surface area (Å²) < 4.78 is 1.86. The Bertz CT molecular complexity index is 1240. The molecule has 4 aromatic rings. The number of carbonyl (C=O) groups is 1. The summed E-state index contributed by atoms with van der Waals surface area (Å²) in [7, 11) is 0. The van der Waals surface area contributed by atoms with E-state index in [0.717, 1.165) is 52.4 Å². The average molecular weight is 438 g/mol. The molecule has 0 bridgehead atoms. The topological polar surface area (TPSA) is 63.1 Å². The third-order valence-corrected chi connectivity index (χ3v) is 6.05. The molecule has 1 fully saturated rings. The molecule has 0 spiro atoms. The Balaban J connectivity index is 1.43. The summed E-state index contributed by atoms with van der Waals surface area (Å²) in [6.07, 6.45) is 7.84. The molecule has 1 N–H and O–H groups in total. The van der Waals surface area contributed by atoms with Gasteiger partial charge >= 0.3 is 0 Å². The quantitative estimate of drug-likeness (QED) is 0.472. The minimum absolute atomic E-state index is 0.0614. The highest BCUT2D eigenvalue weighted by Gasteiger charge is 2.20. The number of nitrogens with one attached hydrogen (secondary N) is 1. The molecule has 5 rings (SSSR count). The highest BCUT2D eigenvalue weighted by Crippen LogP contribution is 2.27. The van der Waals surface area contributed by atoms with E-state index in [-0.39, 0.29) is 5.91 Å². The van der Waals surface area contributed by atoms with Crippen molar-refractivity contribution in [1.29, 1.82) is 0 Å². The van der Waals surface area contributed by atoms with Gasteiger partial charge < -0.3 is 10.2 Å². The number of aryl methyl sites for hydroxylation is 1. The monoisotopic (exact) mass is 437 g/mol. The van der Waals surface area contributed by atoms with Crippen LogP contribution >= 0.6 is 0 Å². The van der Waals surface area contributed by atoms with Crippen molar-refractivity contribution in [2.45, 2.75) is 26.3 Å². The van der Waals surface area contributed by atoms with Gasteiger partial charge in [-0.2, -0.15) is 5.10 Å². The third-order valence-electron chi connectivity index (χ3n) is 6.05. The van der Waals surface area contributed by atoms with Gasteiger partial charge in [-0.25, -0.2) is 4.68 Å². The smallest absolute Gasteiger partial charge is 0.253 e. The summed E-state index contributed by atoms with van der Waals surface area (Å²) in [5, 5.41) is 7.97. The molecule has 1 amide bonds. The largest absolute Gasteiger partial charge is 0.371 e. The van der Waals surface area contributed by atoms with Crippen LogP contribution in [0.1, 0.15) is 34.3 Å². The zero-order valence-electron chi connectivity index (χ0n) is 18.7. The fourth-order valence-corrected chi connectivity index (χ4v) is 4.34. The first-order chi connectivity index (χ1) is 16.2. The lowest BCUT2D eigenvalue weighted by Gasteiger charge is -2.21. The second-order valence-corrected chi connectivity index (χ2v) is 8.42. The zero-order valence-corrected chi connectivity index (χ0v) is 18.7. The van der Waals surface area contributed by atoms with Crippen LogP contribution in [0.25, 0.3) is 16.9 Å². The Morgan fingerprint density at radius 1 is 1.00 bits per heavy atom. The molecular weight excluding hydrogens is 410 g/mol. The van der Waals surface area contributed by atoms with Gasteiger partial charge in [0, 0.05) is 55.0 Å². The van der Waals surface area contributed by atoms with Gasteiger partial charge in [-0.15, -0.1) is 0 Å². The molecule has 0 saturated carbocycles. The molecule has 6 heteroatoms. The molecule has 0 atom stereocenters. The van der Waals surface area contributed by atoms with Gasteiger partial charge in [-0.1, -0.05) is 29.8 Å². The van der Waals surface area contributed by atoms with E-state index < -0.39 is 0 Å². The molecule has 33 heavy (non-hydrogen) atoms. The van der Waals surface area contributed by atoms with E-state index in [2.05, 4.69) is 27.3 Å². The maximum Gasteiger partial charge on any atom is 0.253 e. The van der Waals surface area contributed by atoms with E-state index in [1.165, 1.54) is 12.8 Å². The standard InChI is InChI=1S/C27H27N5O/c1-20-9-10-25(31-15-5-6-16-31)24(17-20)27(33)29-18-22-19-32(23-7-3-2-4-8-23)30-26(22)21-11-13-28-14-12-21/h2-4,7-14,17,19H,5-6,15-16,18H2,1H3,(H,29,33). The summed E-state index contributed by atoms with van der Waals surface area (Å²) in [5.41, 5.74) is 6.57. The Hall–Kier alpha value is -3.93. The fourth-order valence-electron chi connectivity index (χ4n) is 4.34. The number of anilines is 1. The molecule has 0 radical (unpaired) electrons. The van der Waals surface area contributed by atoms with Crippen LogP contribution in [0.4, 0.5) is 5.69 Å². The van der Waals surface area contributed by atoms with Crippen LogP contribution in [0.5, 0.6) is 0 Å². The Morgan fingerprint density at radius 2 is 1.76 bits per heavy atom. The van der Waals surface area contributed by atoms with Crippen molar-refractivity contribution in [3.8, 4) is 16.9 Å². The number of nitrogens with zero attached hydrogens (tertiary/aromatic N) is 4. The molecule has 2 aromatic carbocycles. The molecular formula is C27H27N5O. The SMILES string of the molecule is Cc1ccc(N2CCCC2)c(C(=O)NCc2cn(-c3ccccc3)nc2-c2ccncc2)c1. The first-order valence-electron chi connectivity index (χ1n) is 11.4. The number of hydrogen-bond donors (Lipinski definition) is 1. The van der Waals surface area contributed by atoms with E-state index in [1.807, 2.05) is 66.3 Å². The molecule has 6 nitrogen and oxygen atoms in total. The number of amides is 1. The van der Waals surface area contributed by atoms with Crippen molar-refractivity contribution in [3.05, 3.63) is 95.9 Å². The average Bonchev–Trinajstić information content (AvgIpc) is 3.54. The zero-order chi connectivity index (χ0) is 22.6.